The number of benzene rings is 1. The molecule has 1 aromatic heterocycles. The van der Waals surface area contributed by atoms with Crippen molar-refractivity contribution < 1.29 is 29.4 Å². The average molecular weight is 578 g/mol. The molecule has 0 fully saturated rings. The van der Waals surface area contributed by atoms with E-state index in [2.05, 4.69) is 25.9 Å². The SMILES string of the molecule is CSCCC(NC(=O)C(N)Cc1cnc[nH]1)C(=O)NC(Cc1ccc(O)cc1)C(=O)NC(CCCCN)C(=O)O. The minimum absolute atomic E-state index is 0.0233. The van der Waals surface area contributed by atoms with Gasteiger partial charge in [-0.3, -0.25) is 14.4 Å². The molecule has 2 rings (SSSR count). The van der Waals surface area contributed by atoms with Gasteiger partial charge in [-0.1, -0.05) is 12.1 Å². The molecule has 0 radical (unpaired) electrons. The fourth-order valence-electron chi connectivity index (χ4n) is 3.88. The molecule has 0 spiro atoms. The fraction of sp³-hybridized carbons (Fsp3) is 0.500. The Morgan fingerprint density at radius 1 is 0.950 bits per heavy atom. The Balaban J connectivity index is 2.19. The maximum absolute atomic E-state index is 13.4. The number of carboxylic acid groups (broad SMARTS) is 1. The number of carbonyl (C=O) groups is 4. The predicted octanol–water partition coefficient (Wildman–Crippen LogP) is -0.351. The van der Waals surface area contributed by atoms with Crippen molar-refractivity contribution in [2.45, 2.75) is 62.7 Å². The molecule has 1 heterocycles. The normalized spacial score (nSPS) is 14.0. The standard InChI is InChI=1S/C26H39N7O6S/c1-40-11-9-20(31-23(35)19(28)13-17-14-29-15-30-17)24(36)33-22(12-16-5-7-18(34)8-6-16)25(37)32-21(26(38)39)4-2-3-10-27/h5-8,14-15,19-22,34H,2-4,9-13,27-28H2,1H3,(H,29,30)(H,31,35)(H,32,37)(H,33,36)(H,38,39). The summed E-state index contributed by atoms with van der Waals surface area (Å²) in [4.78, 5) is 58.0. The van der Waals surface area contributed by atoms with Gasteiger partial charge in [-0.15, -0.1) is 0 Å². The van der Waals surface area contributed by atoms with Gasteiger partial charge in [0, 0.05) is 24.7 Å². The third-order valence-electron chi connectivity index (χ3n) is 6.15. The van der Waals surface area contributed by atoms with Gasteiger partial charge in [0.05, 0.1) is 12.4 Å². The van der Waals surface area contributed by atoms with Crippen molar-refractivity contribution in [1.82, 2.24) is 25.9 Å². The van der Waals surface area contributed by atoms with E-state index in [4.69, 9.17) is 11.5 Å². The molecule has 0 bridgehead atoms. The number of nitrogens with one attached hydrogen (secondary N) is 4. The zero-order valence-corrected chi connectivity index (χ0v) is 23.3. The maximum atomic E-state index is 13.4. The van der Waals surface area contributed by atoms with Gasteiger partial charge < -0.3 is 42.6 Å². The molecule has 4 atom stereocenters. The van der Waals surface area contributed by atoms with Crippen molar-refractivity contribution in [2.75, 3.05) is 18.6 Å². The molecule has 0 saturated heterocycles. The number of H-pyrrole nitrogens is 1. The lowest BCUT2D eigenvalue weighted by molar-refractivity contribution is -0.142. The van der Waals surface area contributed by atoms with E-state index in [-0.39, 0.29) is 31.4 Å². The third kappa shape index (κ3) is 11.2. The van der Waals surface area contributed by atoms with E-state index in [1.807, 2.05) is 6.26 Å². The summed E-state index contributed by atoms with van der Waals surface area (Å²) in [6.07, 6.45) is 6.66. The summed E-state index contributed by atoms with van der Waals surface area (Å²) >= 11 is 1.48. The molecule has 13 nitrogen and oxygen atoms in total. The number of phenolic OH excluding ortho intramolecular Hbond substituents is 1. The van der Waals surface area contributed by atoms with Gasteiger partial charge in [0.1, 0.15) is 23.9 Å². The Labute approximate surface area is 237 Å². The van der Waals surface area contributed by atoms with Crippen molar-refractivity contribution in [2.24, 2.45) is 11.5 Å². The van der Waals surface area contributed by atoms with Gasteiger partial charge >= 0.3 is 5.97 Å². The van der Waals surface area contributed by atoms with Crippen LogP contribution in [0, 0.1) is 0 Å². The van der Waals surface area contributed by atoms with Gasteiger partial charge in [0.15, 0.2) is 0 Å². The molecule has 0 saturated carbocycles. The van der Waals surface area contributed by atoms with Crippen molar-refractivity contribution >= 4 is 35.5 Å². The molecule has 220 valence electrons. The van der Waals surface area contributed by atoms with Crippen molar-refractivity contribution in [3.05, 3.63) is 48.0 Å². The molecule has 10 N–H and O–H groups in total. The number of carboxylic acids is 1. The summed E-state index contributed by atoms with van der Waals surface area (Å²) in [6.45, 7) is 0.397. The van der Waals surface area contributed by atoms with Crippen LogP contribution in [0.5, 0.6) is 5.75 Å². The maximum Gasteiger partial charge on any atom is 0.326 e. The number of thioether (sulfide) groups is 1. The number of aromatic hydroxyl groups is 1. The highest BCUT2D eigenvalue weighted by atomic mass is 32.2. The molecule has 2 aromatic rings. The lowest BCUT2D eigenvalue weighted by Crippen LogP contribution is -2.58. The molecule has 1 aromatic carbocycles. The van der Waals surface area contributed by atoms with Crippen LogP contribution in [0.1, 0.15) is 36.9 Å². The molecule has 4 unspecified atom stereocenters. The lowest BCUT2D eigenvalue weighted by atomic mass is 10.0. The number of unbranched alkanes of at least 4 members (excludes halogenated alkanes) is 1. The number of hydrogen-bond acceptors (Lipinski definition) is 9. The third-order valence-corrected chi connectivity index (χ3v) is 6.79. The van der Waals surface area contributed by atoms with Crippen LogP contribution in [0.2, 0.25) is 0 Å². The molecule has 40 heavy (non-hydrogen) atoms. The minimum atomic E-state index is -1.20. The Bertz CT molecular complexity index is 1080. The van der Waals surface area contributed by atoms with Crippen molar-refractivity contribution in [3.63, 3.8) is 0 Å². The van der Waals surface area contributed by atoms with Crippen molar-refractivity contribution in [3.8, 4) is 5.75 Å². The molecule has 0 aliphatic heterocycles. The number of nitrogens with two attached hydrogens (primary N) is 2. The van der Waals surface area contributed by atoms with Crippen LogP contribution in [0.25, 0.3) is 0 Å². The number of phenols is 1. The molecular formula is C26H39N7O6S. The summed E-state index contributed by atoms with van der Waals surface area (Å²) in [5.41, 5.74) is 12.8. The first kappa shape index (κ1) is 32.6. The van der Waals surface area contributed by atoms with Gasteiger partial charge in [-0.25, -0.2) is 9.78 Å². The lowest BCUT2D eigenvalue weighted by Gasteiger charge is -2.25. The first-order chi connectivity index (χ1) is 19.1. The highest BCUT2D eigenvalue weighted by molar-refractivity contribution is 7.98. The van der Waals surface area contributed by atoms with Gasteiger partial charge in [-0.2, -0.15) is 11.8 Å². The number of amides is 3. The van der Waals surface area contributed by atoms with Crippen LogP contribution in [0.3, 0.4) is 0 Å². The van der Waals surface area contributed by atoms with Crippen LogP contribution in [0.4, 0.5) is 0 Å². The van der Waals surface area contributed by atoms with E-state index in [1.54, 1.807) is 18.3 Å². The molecule has 3 amide bonds. The number of aromatic amines is 1. The number of aliphatic carboxylic acids is 1. The number of hydrogen-bond donors (Lipinski definition) is 8. The number of aromatic nitrogens is 2. The molecule has 14 heteroatoms. The Hall–Kier alpha value is -3.62. The molecular weight excluding hydrogens is 538 g/mol. The summed E-state index contributed by atoms with van der Waals surface area (Å²) < 4.78 is 0. The highest BCUT2D eigenvalue weighted by Crippen LogP contribution is 2.13. The zero-order chi connectivity index (χ0) is 29.5. The first-order valence-electron chi connectivity index (χ1n) is 13.0. The van der Waals surface area contributed by atoms with Crippen molar-refractivity contribution in [1.29, 1.82) is 0 Å². The monoisotopic (exact) mass is 577 g/mol. The number of carbonyl (C=O) groups excluding carboxylic acids is 3. The largest absolute Gasteiger partial charge is 0.508 e. The van der Waals surface area contributed by atoms with Crippen LogP contribution < -0.4 is 27.4 Å². The van der Waals surface area contributed by atoms with E-state index in [1.165, 1.54) is 30.2 Å². The highest BCUT2D eigenvalue weighted by Gasteiger charge is 2.30. The van der Waals surface area contributed by atoms with Gasteiger partial charge in [0.2, 0.25) is 17.7 Å². The topological polar surface area (TPSA) is 226 Å². The second kappa shape index (κ2) is 17.2. The Morgan fingerprint density at radius 2 is 1.60 bits per heavy atom. The average Bonchev–Trinajstić information content (AvgIpc) is 3.44. The van der Waals surface area contributed by atoms with Crippen LogP contribution in [0.15, 0.2) is 36.8 Å². The number of nitrogens with zero attached hydrogens (tertiary/aromatic N) is 1. The second-order valence-electron chi connectivity index (χ2n) is 9.35. The predicted molar refractivity (Wildman–Crippen MR) is 151 cm³/mol. The van der Waals surface area contributed by atoms with Crippen LogP contribution in [-0.4, -0.2) is 86.6 Å². The Kier molecular flexibility index (Phi) is 14.0. The molecule has 0 aliphatic carbocycles. The summed E-state index contributed by atoms with van der Waals surface area (Å²) in [7, 11) is 0. The molecule has 0 aliphatic rings. The zero-order valence-electron chi connectivity index (χ0n) is 22.5. The first-order valence-corrected chi connectivity index (χ1v) is 14.4. The Morgan fingerprint density at radius 3 is 2.20 bits per heavy atom. The second-order valence-corrected chi connectivity index (χ2v) is 10.3. The number of imidazole rings is 1. The van der Waals surface area contributed by atoms with E-state index in [0.29, 0.717) is 36.4 Å². The van der Waals surface area contributed by atoms with Crippen LogP contribution >= 0.6 is 11.8 Å². The van der Waals surface area contributed by atoms with E-state index >= 15 is 0 Å². The van der Waals surface area contributed by atoms with E-state index in [0.717, 1.165) is 0 Å². The van der Waals surface area contributed by atoms with Gasteiger partial charge in [-0.05, 0) is 61.9 Å². The summed E-state index contributed by atoms with van der Waals surface area (Å²) in [6, 6.07) is 1.85. The minimum Gasteiger partial charge on any atom is -0.508 e. The van der Waals surface area contributed by atoms with E-state index < -0.39 is 47.9 Å². The number of rotatable bonds is 18. The van der Waals surface area contributed by atoms with Crippen LogP contribution in [-0.2, 0) is 32.0 Å². The fourth-order valence-corrected chi connectivity index (χ4v) is 4.35. The summed E-state index contributed by atoms with van der Waals surface area (Å²) in [5.74, 6) is -2.45. The quantitative estimate of drug-likeness (QED) is 0.107. The summed E-state index contributed by atoms with van der Waals surface area (Å²) in [5, 5.41) is 27.1. The van der Waals surface area contributed by atoms with Gasteiger partial charge in [0.25, 0.3) is 0 Å². The smallest absolute Gasteiger partial charge is 0.326 e. The van der Waals surface area contributed by atoms with E-state index in [9.17, 15) is 29.4 Å².